The molecule has 4 rings (SSSR count). The van der Waals surface area contributed by atoms with Gasteiger partial charge in [0.1, 0.15) is 11.5 Å². The molecule has 0 aliphatic heterocycles. The largest absolute Gasteiger partial charge is 0.493 e. The van der Waals surface area contributed by atoms with E-state index in [0.717, 1.165) is 5.56 Å². The van der Waals surface area contributed by atoms with Gasteiger partial charge in [0.15, 0.2) is 11.5 Å². The Morgan fingerprint density at radius 2 is 1.33 bits per heavy atom. The molecule has 0 aliphatic carbocycles. The van der Waals surface area contributed by atoms with E-state index in [0.29, 0.717) is 22.8 Å². The summed E-state index contributed by atoms with van der Waals surface area (Å²) in [5.74, 6) is 0.339. The number of nitrogens with zero attached hydrogens (tertiary/aromatic N) is 1. The number of rotatable bonds is 11. The molecule has 0 atom stereocenters. The first-order chi connectivity index (χ1) is 19.1. The monoisotopic (exact) mass is 522 g/mol. The number of esters is 1. The van der Waals surface area contributed by atoms with Crippen LogP contribution >= 0.6 is 0 Å². The van der Waals surface area contributed by atoms with Gasteiger partial charge in [-0.25, -0.2) is 10.2 Å². The second-order valence-corrected chi connectivity index (χ2v) is 8.00. The second-order valence-electron chi connectivity index (χ2n) is 8.00. The van der Waals surface area contributed by atoms with Gasteiger partial charge in [-0.3, -0.25) is 4.79 Å². The first-order valence-corrected chi connectivity index (χ1v) is 12.0. The highest BCUT2D eigenvalue weighted by Crippen LogP contribution is 2.28. The third-order valence-electron chi connectivity index (χ3n) is 5.18. The van der Waals surface area contributed by atoms with Crippen molar-refractivity contribution in [1.29, 1.82) is 0 Å². The van der Waals surface area contributed by atoms with Gasteiger partial charge in [-0.05, 0) is 59.7 Å². The molecule has 0 saturated carbocycles. The van der Waals surface area contributed by atoms with E-state index < -0.39 is 18.2 Å². The van der Waals surface area contributed by atoms with Crippen LogP contribution in [0.2, 0.25) is 0 Å². The predicted molar refractivity (Wildman–Crippen MR) is 148 cm³/mol. The molecule has 8 heteroatoms. The summed E-state index contributed by atoms with van der Waals surface area (Å²) < 4.78 is 22.2. The van der Waals surface area contributed by atoms with Crippen LogP contribution in [0.4, 0.5) is 0 Å². The van der Waals surface area contributed by atoms with Crippen LogP contribution < -0.4 is 24.4 Å². The third-order valence-corrected chi connectivity index (χ3v) is 5.18. The predicted octanol–water partition coefficient (Wildman–Crippen LogP) is 5.25. The summed E-state index contributed by atoms with van der Waals surface area (Å²) in [6.07, 6.45) is 3.13. The van der Waals surface area contributed by atoms with Gasteiger partial charge < -0.3 is 18.9 Å². The zero-order chi connectivity index (χ0) is 27.3. The Labute approximate surface area is 226 Å². The van der Waals surface area contributed by atoms with Crippen molar-refractivity contribution >= 4 is 24.2 Å². The standard InChI is InChI=1S/C31H26N2O6/c1-36-28-21-24(17-19-27(28)39-29(34)20-18-23-11-5-2-6-12-23)22-32-33-30(35)31(37-25-13-7-3-8-14-25)38-26-15-9-4-10-16-26/h2-22,31H,1H3,(H,33,35)/b20-18+,32-22+. The van der Waals surface area contributed by atoms with Crippen molar-refractivity contribution in [3.8, 4) is 23.0 Å². The molecule has 0 spiro atoms. The summed E-state index contributed by atoms with van der Waals surface area (Å²) >= 11 is 0. The van der Waals surface area contributed by atoms with E-state index in [9.17, 15) is 9.59 Å². The van der Waals surface area contributed by atoms with Gasteiger partial charge in [0.05, 0.1) is 13.3 Å². The Balaban J connectivity index is 1.39. The Morgan fingerprint density at radius 1 is 0.744 bits per heavy atom. The summed E-state index contributed by atoms with van der Waals surface area (Å²) in [6, 6.07) is 32.0. The topological polar surface area (TPSA) is 95.5 Å². The minimum atomic E-state index is -1.28. The van der Waals surface area contributed by atoms with E-state index in [4.69, 9.17) is 18.9 Å². The lowest BCUT2D eigenvalue weighted by atomic mass is 10.2. The fraction of sp³-hybridized carbons (Fsp3) is 0.0645. The zero-order valence-electron chi connectivity index (χ0n) is 21.1. The fourth-order valence-corrected chi connectivity index (χ4v) is 3.32. The molecule has 1 N–H and O–H groups in total. The van der Waals surface area contributed by atoms with E-state index in [2.05, 4.69) is 10.5 Å². The van der Waals surface area contributed by atoms with Crippen LogP contribution in [0.1, 0.15) is 11.1 Å². The van der Waals surface area contributed by atoms with Gasteiger partial charge in [0.25, 0.3) is 0 Å². The zero-order valence-corrected chi connectivity index (χ0v) is 21.1. The average Bonchev–Trinajstić information content (AvgIpc) is 2.98. The van der Waals surface area contributed by atoms with E-state index in [1.165, 1.54) is 19.4 Å². The van der Waals surface area contributed by atoms with Crippen molar-refractivity contribution in [2.75, 3.05) is 7.11 Å². The lowest BCUT2D eigenvalue weighted by Crippen LogP contribution is -2.40. The van der Waals surface area contributed by atoms with Gasteiger partial charge in [-0.1, -0.05) is 66.7 Å². The normalized spacial score (nSPS) is 10.9. The van der Waals surface area contributed by atoms with Crippen molar-refractivity contribution in [3.05, 3.63) is 126 Å². The summed E-state index contributed by atoms with van der Waals surface area (Å²) in [4.78, 5) is 25.1. The van der Waals surface area contributed by atoms with Crippen LogP contribution in [-0.2, 0) is 9.59 Å². The van der Waals surface area contributed by atoms with Gasteiger partial charge >= 0.3 is 18.2 Å². The van der Waals surface area contributed by atoms with Crippen molar-refractivity contribution in [2.45, 2.75) is 6.29 Å². The number of benzene rings is 4. The van der Waals surface area contributed by atoms with Gasteiger partial charge in [-0.2, -0.15) is 5.10 Å². The van der Waals surface area contributed by atoms with Crippen molar-refractivity contribution in [3.63, 3.8) is 0 Å². The Hall–Kier alpha value is -5.37. The highest BCUT2D eigenvalue weighted by molar-refractivity contribution is 5.89. The van der Waals surface area contributed by atoms with Crippen molar-refractivity contribution < 1.29 is 28.5 Å². The molecular weight excluding hydrogens is 496 g/mol. The van der Waals surface area contributed by atoms with Gasteiger partial charge in [-0.15, -0.1) is 0 Å². The highest BCUT2D eigenvalue weighted by Gasteiger charge is 2.22. The van der Waals surface area contributed by atoms with Gasteiger partial charge in [0, 0.05) is 6.08 Å². The van der Waals surface area contributed by atoms with Gasteiger partial charge in [0.2, 0.25) is 0 Å². The summed E-state index contributed by atoms with van der Waals surface area (Å²) in [6.45, 7) is 0. The molecule has 1 amide bonds. The number of amides is 1. The summed E-state index contributed by atoms with van der Waals surface area (Å²) in [7, 11) is 1.46. The molecule has 4 aromatic carbocycles. The molecule has 0 aliphatic rings. The summed E-state index contributed by atoms with van der Waals surface area (Å²) in [5.41, 5.74) is 3.90. The Bertz CT molecular complexity index is 1380. The number of carbonyl (C=O) groups excluding carboxylic acids is 2. The summed E-state index contributed by atoms with van der Waals surface area (Å²) in [5, 5.41) is 4.02. The van der Waals surface area contributed by atoms with Crippen molar-refractivity contribution in [2.24, 2.45) is 5.10 Å². The average molecular weight is 523 g/mol. The Morgan fingerprint density at radius 3 is 1.92 bits per heavy atom. The first-order valence-electron chi connectivity index (χ1n) is 12.0. The molecule has 196 valence electrons. The number of hydrogen-bond acceptors (Lipinski definition) is 7. The van der Waals surface area contributed by atoms with Crippen LogP contribution in [0.5, 0.6) is 23.0 Å². The minimum absolute atomic E-state index is 0.244. The number of ether oxygens (including phenoxy) is 4. The molecule has 0 heterocycles. The first kappa shape index (κ1) is 26.7. The molecule has 8 nitrogen and oxygen atoms in total. The molecule has 0 unspecified atom stereocenters. The molecule has 39 heavy (non-hydrogen) atoms. The number of carbonyl (C=O) groups is 2. The number of hydrogen-bond donors (Lipinski definition) is 1. The highest BCUT2D eigenvalue weighted by atomic mass is 16.7. The number of hydrazone groups is 1. The van der Waals surface area contributed by atoms with Crippen LogP contribution in [0.3, 0.4) is 0 Å². The quantitative estimate of drug-likeness (QED) is 0.0722. The molecule has 4 aromatic rings. The van der Waals surface area contributed by atoms with Crippen LogP contribution in [-0.4, -0.2) is 31.5 Å². The lowest BCUT2D eigenvalue weighted by molar-refractivity contribution is -0.140. The molecule has 0 radical (unpaired) electrons. The number of nitrogens with one attached hydrogen (secondary N) is 1. The third kappa shape index (κ3) is 8.33. The van der Waals surface area contributed by atoms with Crippen LogP contribution in [0.15, 0.2) is 120 Å². The second kappa shape index (κ2) is 13.8. The smallest absolute Gasteiger partial charge is 0.336 e. The van der Waals surface area contributed by atoms with Crippen LogP contribution in [0, 0.1) is 0 Å². The maximum atomic E-state index is 12.8. The number of methoxy groups -OCH3 is 1. The van der Waals surface area contributed by atoms with E-state index >= 15 is 0 Å². The van der Waals surface area contributed by atoms with E-state index in [1.807, 2.05) is 42.5 Å². The SMILES string of the molecule is COc1cc(/C=N/NC(=O)C(Oc2ccccc2)Oc2ccccc2)ccc1OC(=O)/C=C/c1ccccc1. The Kier molecular flexibility index (Phi) is 9.45. The van der Waals surface area contributed by atoms with Crippen LogP contribution in [0.25, 0.3) is 6.08 Å². The van der Waals surface area contributed by atoms with E-state index in [-0.39, 0.29) is 5.75 Å². The minimum Gasteiger partial charge on any atom is -0.493 e. The maximum absolute atomic E-state index is 12.8. The van der Waals surface area contributed by atoms with Crippen molar-refractivity contribution in [1.82, 2.24) is 5.43 Å². The van der Waals surface area contributed by atoms with E-state index in [1.54, 1.807) is 72.8 Å². The molecule has 0 saturated heterocycles. The lowest BCUT2D eigenvalue weighted by Gasteiger charge is -2.18. The number of para-hydroxylation sites is 2. The maximum Gasteiger partial charge on any atom is 0.336 e. The molecule has 0 bridgehead atoms. The fourth-order valence-electron chi connectivity index (χ4n) is 3.32. The molecule has 0 fully saturated rings. The molecular formula is C31H26N2O6. The molecule has 0 aromatic heterocycles.